The number of aromatic amines is 1. The van der Waals surface area contributed by atoms with Crippen LogP contribution in [-0.2, 0) is 11.3 Å². The van der Waals surface area contributed by atoms with Crippen LogP contribution in [0.25, 0.3) is 0 Å². The molecule has 1 aliphatic heterocycles. The quantitative estimate of drug-likeness (QED) is 0.839. The molecule has 0 radical (unpaired) electrons. The Bertz CT molecular complexity index is 443. The van der Waals surface area contributed by atoms with Crippen molar-refractivity contribution in [1.82, 2.24) is 14.5 Å². The monoisotopic (exact) mass is 253 g/mol. The lowest BCUT2D eigenvalue weighted by Gasteiger charge is -2.26. The fraction of sp³-hybridized carbons (Fsp3) is 0.667. The number of imidazole rings is 1. The van der Waals surface area contributed by atoms with E-state index in [1.807, 2.05) is 22.6 Å². The van der Waals surface area contributed by atoms with E-state index in [2.05, 4.69) is 4.98 Å². The zero-order valence-corrected chi connectivity index (χ0v) is 11.1. The number of amides is 1. The van der Waals surface area contributed by atoms with Crippen LogP contribution < -0.4 is 0 Å². The number of nitrogens with one attached hydrogen (secondary N) is 1. The molecule has 0 bridgehead atoms. The van der Waals surface area contributed by atoms with Crippen molar-refractivity contribution < 1.29 is 4.79 Å². The predicted octanol–water partition coefficient (Wildman–Crippen LogP) is 2.26. The predicted molar refractivity (Wildman–Crippen MR) is 69.4 cm³/mol. The molecule has 1 fully saturated rings. The third-order valence-electron chi connectivity index (χ3n) is 3.33. The Hall–Kier alpha value is -1.10. The molecule has 0 saturated carbocycles. The number of carbonyl (C=O) groups is 1. The summed E-state index contributed by atoms with van der Waals surface area (Å²) in [4.78, 5) is 17.0. The van der Waals surface area contributed by atoms with Crippen LogP contribution in [0.15, 0.2) is 6.20 Å². The first-order valence-electron chi connectivity index (χ1n) is 6.21. The Kier molecular flexibility index (Phi) is 3.99. The fourth-order valence-corrected chi connectivity index (χ4v) is 2.56. The van der Waals surface area contributed by atoms with Crippen molar-refractivity contribution in [1.29, 1.82) is 0 Å². The summed E-state index contributed by atoms with van der Waals surface area (Å²) in [5, 5.41) is 0. The summed E-state index contributed by atoms with van der Waals surface area (Å²) < 4.78 is 2.69. The maximum atomic E-state index is 12.0. The molecule has 4 nitrogen and oxygen atoms in total. The Morgan fingerprint density at radius 2 is 2.12 bits per heavy atom. The van der Waals surface area contributed by atoms with Gasteiger partial charge in [0.25, 0.3) is 0 Å². The van der Waals surface area contributed by atoms with Gasteiger partial charge in [-0.3, -0.25) is 4.79 Å². The summed E-state index contributed by atoms with van der Waals surface area (Å²) >= 11 is 5.16. The van der Waals surface area contributed by atoms with Crippen LogP contribution in [0.1, 0.15) is 31.4 Å². The molecular formula is C12H19N3OS. The molecule has 0 aromatic carbocycles. The molecule has 94 valence electrons. The number of aryl methyl sites for hydroxylation is 1. The van der Waals surface area contributed by atoms with Gasteiger partial charge in [-0.25, -0.2) is 0 Å². The topological polar surface area (TPSA) is 41.0 Å². The molecule has 2 heterocycles. The first-order valence-corrected chi connectivity index (χ1v) is 6.62. The fourth-order valence-electron chi connectivity index (χ4n) is 2.27. The molecule has 1 aromatic heterocycles. The Morgan fingerprint density at radius 1 is 1.41 bits per heavy atom. The van der Waals surface area contributed by atoms with E-state index >= 15 is 0 Å². The highest BCUT2D eigenvalue weighted by Gasteiger charge is 2.16. The minimum absolute atomic E-state index is 0.257. The van der Waals surface area contributed by atoms with Gasteiger partial charge >= 0.3 is 0 Å². The second-order valence-electron chi connectivity index (χ2n) is 4.58. The van der Waals surface area contributed by atoms with Crippen molar-refractivity contribution in [2.75, 3.05) is 13.1 Å². The zero-order valence-electron chi connectivity index (χ0n) is 10.2. The molecule has 5 heteroatoms. The number of nitrogens with zero attached hydrogens (tertiary/aromatic N) is 2. The smallest absolute Gasteiger partial charge is 0.224 e. The molecule has 1 N–H and O–H groups in total. The normalized spacial score (nSPS) is 16.2. The first kappa shape index (κ1) is 12.4. The standard InChI is InChI=1S/C12H19N3OS/c1-10-9-13-12(17)15(10)8-5-11(16)14-6-3-2-4-7-14/h9H,2-8H2,1H3,(H,13,17). The molecular weight excluding hydrogens is 234 g/mol. The zero-order chi connectivity index (χ0) is 12.3. The number of rotatable bonds is 3. The van der Waals surface area contributed by atoms with Crippen LogP contribution in [-0.4, -0.2) is 33.4 Å². The van der Waals surface area contributed by atoms with Gasteiger partial charge in [-0.2, -0.15) is 0 Å². The lowest BCUT2D eigenvalue weighted by molar-refractivity contribution is -0.132. The Balaban J connectivity index is 1.89. The second-order valence-corrected chi connectivity index (χ2v) is 4.96. The lowest BCUT2D eigenvalue weighted by atomic mass is 10.1. The third-order valence-corrected chi connectivity index (χ3v) is 3.67. The molecule has 1 amide bonds. The van der Waals surface area contributed by atoms with Gasteiger partial charge in [0.05, 0.1) is 0 Å². The van der Waals surface area contributed by atoms with E-state index in [0.717, 1.165) is 31.6 Å². The highest BCUT2D eigenvalue weighted by Crippen LogP contribution is 2.11. The molecule has 0 aliphatic carbocycles. The number of carbonyl (C=O) groups excluding carboxylic acids is 1. The average molecular weight is 253 g/mol. The number of hydrogen-bond donors (Lipinski definition) is 1. The molecule has 0 unspecified atom stereocenters. The molecule has 1 aromatic rings. The van der Waals surface area contributed by atoms with Gasteiger partial charge in [-0.15, -0.1) is 0 Å². The van der Waals surface area contributed by atoms with Crippen molar-refractivity contribution in [2.45, 2.75) is 39.2 Å². The summed E-state index contributed by atoms with van der Waals surface area (Å²) in [5.41, 5.74) is 1.08. The van der Waals surface area contributed by atoms with Gasteiger partial charge in [0.2, 0.25) is 5.91 Å². The summed E-state index contributed by atoms with van der Waals surface area (Å²) in [5.74, 6) is 0.257. The van der Waals surface area contributed by atoms with Gasteiger partial charge < -0.3 is 14.5 Å². The maximum absolute atomic E-state index is 12.0. The maximum Gasteiger partial charge on any atom is 0.224 e. The van der Waals surface area contributed by atoms with E-state index in [9.17, 15) is 4.79 Å². The van der Waals surface area contributed by atoms with Gasteiger partial charge in [-0.05, 0) is 38.4 Å². The van der Waals surface area contributed by atoms with Crippen LogP contribution in [0.4, 0.5) is 0 Å². The molecule has 0 atom stereocenters. The highest BCUT2D eigenvalue weighted by molar-refractivity contribution is 7.71. The lowest BCUT2D eigenvalue weighted by Crippen LogP contribution is -2.36. The van der Waals surface area contributed by atoms with Gasteiger partial charge in [0.15, 0.2) is 4.77 Å². The third kappa shape index (κ3) is 2.97. The summed E-state index contributed by atoms with van der Waals surface area (Å²) in [6.45, 7) is 4.54. The van der Waals surface area contributed by atoms with Gasteiger partial charge in [0, 0.05) is 37.9 Å². The van der Waals surface area contributed by atoms with Crippen molar-refractivity contribution in [2.24, 2.45) is 0 Å². The molecule has 2 rings (SSSR count). The molecule has 1 saturated heterocycles. The summed E-state index contributed by atoms with van der Waals surface area (Å²) in [6.07, 6.45) is 5.98. The second kappa shape index (κ2) is 5.49. The first-order chi connectivity index (χ1) is 8.18. The highest BCUT2D eigenvalue weighted by atomic mass is 32.1. The summed E-state index contributed by atoms with van der Waals surface area (Å²) in [7, 11) is 0. The summed E-state index contributed by atoms with van der Waals surface area (Å²) in [6, 6.07) is 0. The van der Waals surface area contributed by atoms with E-state index < -0.39 is 0 Å². The van der Waals surface area contributed by atoms with Crippen LogP contribution >= 0.6 is 12.2 Å². The number of piperidine rings is 1. The number of likely N-dealkylation sites (tertiary alicyclic amines) is 1. The minimum atomic E-state index is 0.257. The van der Waals surface area contributed by atoms with Crippen molar-refractivity contribution >= 4 is 18.1 Å². The van der Waals surface area contributed by atoms with E-state index in [-0.39, 0.29) is 5.91 Å². The largest absolute Gasteiger partial charge is 0.343 e. The Morgan fingerprint density at radius 3 is 2.71 bits per heavy atom. The number of hydrogen-bond acceptors (Lipinski definition) is 2. The minimum Gasteiger partial charge on any atom is -0.343 e. The molecule has 1 aliphatic rings. The van der Waals surface area contributed by atoms with Gasteiger partial charge in [0.1, 0.15) is 0 Å². The van der Waals surface area contributed by atoms with Crippen LogP contribution in [0.3, 0.4) is 0 Å². The van der Waals surface area contributed by atoms with E-state index in [1.165, 1.54) is 6.42 Å². The van der Waals surface area contributed by atoms with Crippen LogP contribution in [0.5, 0.6) is 0 Å². The average Bonchev–Trinajstić information content (AvgIpc) is 2.67. The van der Waals surface area contributed by atoms with E-state index in [1.54, 1.807) is 0 Å². The van der Waals surface area contributed by atoms with Crippen molar-refractivity contribution in [3.05, 3.63) is 16.7 Å². The molecule has 17 heavy (non-hydrogen) atoms. The van der Waals surface area contributed by atoms with Crippen molar-refractivity contribution in [3.63, 3.8) is 0 Å². The van der Waals surface area contributed by atoms with E-state index in [4.69, 9.17) is 12.2 Å². The van der Waals surface area contributed by atoms with Gasteiger partial charge in [-0.1, -0.05) is 0 Å². The number of H-pyrrole nitrogens is 1. The molecule has 0 spiro atoms. The van der Waals surface area contributed by atoms with E-state index in [0.29, 0.717) is 17.7 Å². The Labute approximate surface area is 107 Å². The number of aromatic nitrogens is 2. The SMILES string of the molecule is Cc1c[nH]c(=S)n1CCC(=O)N1CCCCC1. The van der Waals surface area contributed by atoms with Crippen molar-refractivity contribution in [3.8, 4) is 0 Å². The van der Waals surface area contributed by atoms with Crippen LogP contribution in [0, 0.1) is 11.7 Å². The van der Waals surface area contributed by atoms with Crippen LogP contribution in [0.2, 0.25) is 0 Å².